The summed E-state index contributed by atoms with van der Waals surface area (Å²) in [4.78, 5) is 23.9. The predicted molar refractivity (Wildman–Crippen MR) is 114 cm³/mol. The molecule has 6 nitrogen and oxygen atoms in total. The van der Waals surface area contributed by atoms with E-state index in [9.17, 15) is 4.79 Å². The highest BCUT2D eigenvalue weighted by Gasteiger charge is 2.13. The van der Waals surface area contributed by atoms with Crippen molar-refractivity contribution in [3.63, 3.8) is 0 Å². The summed E-state index contributed by atoms with van der Waals surface area (Å²) >= 11 is 0. The lowest BCUT2D eigenvalue weighted by atomic mass is 10.2. The average molecular weight is 375 g/mol. The van der Waals surface area contributed by atoms with Crippen LogP contribution in [0.15, 0.2) is 66.7 Å². The average Bonchev–Trinajstić information content (AvgIpc) is 2.72. The first kappa shape index (κ1) is 19.5. The van der Waals surface area contributed by atoms with E-state index in [0.29, 0.717) is 17.3 Å². The summed E-state index contributed by atoms with van der Waals surface area (Å²) in [5.41, 5.74) is 1.92. The number of nitrogens with one attached hydrogen (secondary N) is 2. The maximum atomic E-state index is 12.7. The van der Waals surface area contributed by atoms with Crippen molar-refractivity contribution in [3.8, 4) is 11.4 Å². The second-order valence-corrected chi connectivity index (χ2v) is 6.73. The molecule has 3 rings (SSSR count). The zero-order chi connectivity index (χ0) is 19.8. The van der Waals surface area contributed by atoms with E-state index in [4.69, 9.17) is 0 Å². The third kappa shape index (κ3) is 5.62. The molecule has 2 N–H and O–H groups in total. The highest BCUT2D eigenvalue weighted by Crippen LogP contribution is 2.19. The zero-order valence-electron chi connectivity index (χ0n) is 16.2. The van der Waals surface area contributed by atoms with Gasteiger partial charge < -0.3 is 15.5 Å². The Morgan fingerprint density at radius 1 is 0.964 bits per heavy atom. The highest BCUT2D eigenvalue weighted by atomic mass is 16.1. The lowest BCUT2D eigenvalue weighted by Crippen LogP contribution is -2.18. The summed E-state index contributed by atoms with van der Waals surface area (Å²) in [5, 5.41) is 6.19. The van der Waals surface area contributed by atoms with Gasteiger partial charge in [-0.05, 0) is 39.2 Å². The lowest BCUT2D eigenvalue weighted by molar-refractivity contribution is 0.102. The Morgan fingerprint density at radius 3 is 2.32 bits per heavy atom. The minimum atomic E-state index is -0.262. The summed E-state index contributed by atoms with van der Waals surface area (Å²) in [5.74, 6) is 0.907. The molecule has 0 aliphatic rings. The van der Waals surface area contributed by atoms with Crippen LogP contribution in [0.2, 0.25) is 0 Å². The molecule has 0 spiro atoms. The standard InChI is InChI=1S/C22H25N5O/c1-27(2)15-9-14-23-20-16-19(22(28)24-18-12-7-4-8-13-18)25-21(26-20)17-10-5-3-6-11-17/h3-8,10-13,16H,9,14-15H2,1-2H3,(H,24,28)(H,23,25,26). The largest absolute Gasteiger partial charge is 0.370 e. The lowest BCUT2D eigenvalue weighted by Gasteiger charge is -2.12. The van der Waals surface area contributed by atoms with Crippen molar-refractivity contribution in [1.82, 2.24) is 14.9 Å². The first-order chi connectivity index (χ1) is 13.6. The summed E-state index contributed by atoms with van der Waals surface area (Å²) in [6.07, 6.45) is 0.975. The van der Waals surface area contributed by atoms with E-state index < -0.39 is 0 Å². The van der Waals surface area contributed by atoms with E-state index in [1.54, 1.807) is 6.07 Å². The van der Waals surface area contributed by atoms with Crippen molar-refractivity contribution in [2.24, 2.45) is 0 Å². The van der Waals surface area contributed by atoms with E-state index in [1.807, 2.05) is 74.8 Å². The zero-order valence-corrected chi connectivity index (χ0v) is 16.2. The molecule has 1 aromatic heterocycles. The molecule has 144 valence electrons. The molecule has 28 heavy (non-hydrogen) atoms. The van der Waals surface area contributed by atoms with Crippen LogP contribution in [0.4, 0.5) is 11.5 Å². The molecule has 1 heterocycles. The van der Waals surface area contributed by atoms with Crippen LogP contribution >= 0.6 is 0 Å². The summed E-state index contributed by atoms with van der Waals surface area (Å²) in [7, 11) is 4.09. The van der Waals surface area contributed by atoms with E-state index in [2.05, 4.69) is 25.5 Å². The van der Waals surface area contributed by atoms with Crippen LogP contribution in [0.1, 0.15) is 16.9 Å². The molecule has 0 aliphatic carbocycles. The smallest absolute Gasteiger partial charge is 0.274 e. The molecule has 3 aromatic rings. The van der Waals surface area contributed by atoms with E-state index in [-0.39, 0.29) is 5.91 Å². The van der Waals surface area contributed by atoms with Crippen molar-refractivity contribution in [3.05, 3.63) is 72.4 Å². The number of hydrogen-bond donors (Lipinski definition) is 2. The molecule has 6 heteroatoms. The highest BCUT2D eigenvalue weighted by molar-refractivity contribution is 6.03. The molecule has 0 atom stereocenters. The number of carbonyl (C=O) groups is 1. The maximum Gasteiger partial charge on any atom is 0.274 e. The molecular formula is C22H25N5O. The Bertz CT molecular complexity index is 897. The van der Waals surface area contributed by atoms with E-state index >= 15 is 0 Å². The van der Waals surface area contributed by atoms with Crippen LogP contribution in [0.5, 0.6) is 0 Å². The number of aromatic nitrogens is 2. The Hall–Kier alpha value is -3.25. The quantitative estimate of drug-likeness (QED) is 0.587. The van der Waals surface area contributed by atoms with Gasteiger partial charge in [0, 0.05) is 23.9 Å². The fraction of sp³-hybridized carbons (Fsp3) is 0.227. The summed E-state index contributed by atoms with van der Waals surface area (Å²) in [6, 6.07) is 20.7. The normalized spacial score (nSPS) is 10.7. The predicted octanol–water partition coefficient (Wildman–Crippen LogP) is 3.76. The van der Waals surface area contributed by atoms with E-state index in [0.717, 1.165) is 30.8 Å². The Balaban J connectivity index is 1.83. The van der Waals surface area contributed by atoms with Crippen LogP contribution in [0.3, 0.4) is 0 Å². The summed E-state index contributed by atoms with van der Waals surface area (Å²) < 4.78 is 0. The van der Waals surface area contributed by atoms with Crippen LogP contribution in [0, 0.1) is 0 Å². The number of rotatable bonds is 8. The van der Waals surface area contributed by atoms with Gasteiger partial charge >= 0.3 is 0 Å². The van der Waals surface area contributed by atoms with Crippen molar-refractivity contribution >= 4 is 17.4 Å². The van der Waals surface area contributed by atoms with E-state index in [1.165, 1.54) is 0 Å². The Morgan fingerprint density at radius 2 is 1.64 bits per heavy atom. The fourth-order valence-corrected chi connectivity index (χ4v) is 2.70. The number of carbonyl (C=O) groups excluding carboxylic acids is 1. The number of benzene rings is 2. The number of para-hydroxylation sites is 1. The number of nitrogens with zero attached hydrogens (tertiary/aromatic N) is 3. The SMILES string of the molecule is CN(C)CCCNc1cc(C(=O)Nc2ccccc2)nc(-c2ccccc2)n1. The van der Waals surface area contributed by atoms with Gasteiger partial charge in [0.15, 0.2) is 5.82 Å². The van der Waals surface area contributed by atoms with Crippen molar-refractivity contribution < 1.29 is 4.79 Å². The van der Waals surface area contributed by atoms with Gasteiger partial charge in [0.25, 0.3) is 5.91 Å². The van der Waals surface area contributed by atoms with Gasteiger partial charge in [-0.1, -0.05) is 48.5 Å². The third-order valence-corrected chi connectivity index (χ3v) is 4.11. The molecule has 0 bridgehead atoms. The van der Waals surface area contributed by atoms with Gasteiger partial charge in [0.1, 0.15) is 11.5 Å². The van der Waals surface area contributed by atoms with Crippen LogP contribution < -0.4 is 10.6 Å². The van der Waals surface area contributed by atoms with Gasteiger partial charge in [-0.3, -0.25) is 4.79 Å². The monoisotopic (exact) mass is 375 g/mol. The van der Waals surface area contributed by atoms with Crippen LogP contribution in [-0.2, 0) is 0 Å². The molecular weight excluding hydrogens is 350 g/mol. The molecule has 0 fully saturated rings. The van der Waals surface area contributed by atoms with Crippen molar-refractivity contribution in [2.45, 2.75) is 6.42 Å². The minimum absolute atomic E-state index is 0.262. The molecule has 1 amide bonds. The molecule has 0 saturated carbocycles. The number of anilines is 2. The summed E-state index contributed by atoms with van der Waals surface area (Å²) in [6.45, 7) is 1.74. The molecule has 2 aromatic carbocycles. The van der Waals surface area contributed by atoms with Gasteiger partial charge in [-0.2, -0.15) is 0 Å². The topological polar surface area (TPSA) is 70.2 Å². The second-order valence-electron chi connectivity index (χ2n) is 6.73. The van der Waals surface area contributed by atoms with Gasteiger partial charge in [0.05, 0.1) is 0 Å². The Labute approximate surface area is 165 Å². The second kappa shape index (κ2) is 9.62. The first-order valence-electron chi connectivity index (χ1n) is 9.31. The molecule has 0 saturated heterocycles. The molecule has 0 unspecified atom stereocenters. The maximum absolute atomic E-state index is 12.7. The third-order valence-electron chi connectivity index (χ3n) is 4.11. The van der Waals surface area contributed by atoms with Crippen LogP contribution in [0.25, 0.3) is 11.4 Å². The minimum Gasteiger partial charge on any atom is -0.370 e. The van der Waals surface area contributed by atoms with Crippen LogP contribution in [-0.4, -0.2) is 48.0 Å². The van der Waals surface area contributed by atoms with Crippen molar-refractivity contribution in [1.29, 1.82) is 0 Å². The van der Waals surface area contributed by atoms with Crippen molar-refractivity contribution in [2.75, 3.05) is 37.8 Å². The fourth-order valence-electron chi connectivity index (χ4n) is 2.70. The number of hydrogen-bond acceptors (Lipinski definition) is 5. The molecule has 0 aliphatic heterocycles. The Kier molecular flexibility index (Phi) is 6.70. The van der Waals surface area contributed by atoms with Gasteiger partial charge in [-0.25, -0.2) is 9.97 Å². The van der Waals surface area contributed by atoms with Gasteiger partial charge in [0.2, 0.25) is 0 Å². The molecule has 0 radical (unpaired) electrons. The number of amides is 1. The van der Waals surface area contributed by atoms with Gasteiger partial charge in [-0.15, -0.1) is 0 Å². The first-order valence-corrected chi connectivity index (χ1v) is 9.31.